The first kappa shape index (κ1) is 17.8. The molecule has 0 bridgehead atoms. The zero-order valence-corrected chi connectivity index (χ0v) is 15.4. The number of nitrogens with zero attached hydrogens (tertiary/aromatic N) is 6. The number of ether oxygens (including phenoxy) is 1. The second-order valence-electron chi connectivity index (χ2n) is 5.67. The summed E-state index contributed by atoms with van der Waals surface area (Å²) in [6, 6.07) is 9.89. The van der Waals surface area contributed by atoms with Crippen LogP contribution in [0.4, 0.5) is 0 Å². The highest BCUT2D eigenvalue weighted by molar-refractivity contribution is 6.31. The molecule has 0 amide bonds. The molecule has 1 aromatic carbocycles. The molecular weight excluding hydrogens is 384 g/mol. The average Bonchev–Trinajstić information content (AvgIpc) is 3.14. The van der Waals surface area contributed by atoms with Gasteiger partial charge in [-0.3, -0.25) is 4.79 Å². The van der Waals surface area contributed by atoms with Crippen molar-refractivity contribution in [2.75, 3.05) is 6.61 Å². The summed E-state index contributed by atoms with van der Waals surface area (Å²) in [6.45, 7) is 1.85. The van der Waals surface area contributed by atoms with Gasteiger partial charge in [0.15, 0.2) is 11.6 Å². The lowest BCUT2D eigenvalue weighted by Crippen LogP contribution is -2.27. The molecule has 4 rings (SSSR count). The van der Waals surface area contributed by atoms with Crippen molar-refractivity contribution in [2.24, 2.45) is 0 Å². The Bertz CT molecular complexity index is 1240. The van der Waals surface area contributed by atoms with Crippen LogP contribution in [0.3, 0.4) is 0 Å². The number of pyridine rings is 1. The van der Waals surface area contributed by atoms with E-state index in [0.717, 1.165) is 4.68 Å². The quantitative estimate of drug-likeness (QED) is 0.487. The molecule has 0 fully saturated rings. The number of carbonyl (C=O) groups is 1. The lowest BCUT2D eigenvalue weighted by molar-refractivity contribution is 0.0526. The Balaban J connectivity index is 2.02. The normalized spacial score (nSPS) is 10.9. The molecule has 0 saturated heterocycles. The maximum atomic E-state index is 13.1. The maximum Gasteiger partial charge on any atom is 0.343 e. The minimum Gasteiger partial charge on any atom is -0.462 e. The number of fused-ring (bicyclic) bond motifs is 1. The third kappa shape index (κ3) is 3.01. The van der Waals surface area contributed by atoms with Gasteiger partial charge in [-0.15, -0.1) is 5.10 Å². The van der Waals surface area contributed by atoms with Crippen molar-refractivity contribution < 1.29 is 9.53 Å². The van der Waals surface area contributed by atoms with Crippen molar-refractivity contribution in [2.45, 2.75) is 6.92 Å². The van der Waals surface area contributed by atoms with Crippen LogP contribution in [0.25, 0.3) is 22.5 Å². The molecule has 3 heterocycles. The van der Waals surface area contributed by atoms with Gasteiger partial charge in [0.2, 0.25) is 0 Å². The Morgan fingerprint density at radius 3 is 2.82 bits per heavy atom. The molecule has 9 nitrogen and oxygen atoms in total. The number of halogens is 1. The van der Waals surface area contributed by atoms with Gasteiger partial charge in [0.25, 0.3) is 5.56 Å². The second-order valence-corrected chi connectivity index (χ2v) is 6.11. The van der Waals surface area contributed by atoms with Crippen molar-refractivity contribution in [1.82, 2.24) is 29.8 Å². The summed E-state index contributed by atoms with van der Waals surface area (Å²) in [5.74, 6) is -0.163. The maximum absolute atomic E-state index is 13.1. The number of esters is 1. The van der Waals surface area contributed by atoms with Crippen LogP contribution < -0.4 is 5.56 Å². The number of benzene rings is 1. The summed E-state index contributed by atoms with van der Waals surface area (Å²) < 4.78 is 7.41. The van der Waals surface area contributed by atoms with E-state index in [0.29, 0.717) is 16.4 Å². The summed E-state index contributed by atoms with van der Waals surface area (Å²) >= 11 is 6.02. The minimum atomic E-state index is -0.639. The lowest BCUT2D eigenvalue weighted by atomic mass is 10.2. The molecule has 3 aromatic heterocycles. The number of carbonyl (C=O) groups excluding carboxylic acids is 1. The van der Waals surface area contributed by atoms with Crippen molar-refractivity contribution in [1.29, 1.82) is 0 Å². The fourth-order valence-electron chi connectivity index (χ4n) is 2.70. The number of rotatable bonds is 4. The SMILES string of the molecule is CCOC(=O)c1cnn(-c2ccccn2)c1-n1nnc2ccc(Cl)cc2c1=O. The first-order chi connectivity index (χ1) is 13.6. The van der Waals surface area contributed by atoms with Gasteiger partial charge >= 0.3 is 5.97 Å². The predicted octanol–water partition coefficient (Wildman–Crippen LogP) is 2.19. The standard InChI is InChI=1S/C18H13ClN6O3/c1-2-28-18(27)13-10-21-24(15-5-3-4-8-20-15)16(13)25-17(26)12-9-11(19)6-7-14(12)22-23-25/h3-10H,2H2,1H3. The van der Waals surface area contributed by atoms with Crippen molar-refractivity contribution in [3.8, 4) is 11.6 Å². The van der Waals surface area contributed by atoms with E-state index in [1.807, 2.05) is 0 Å². The highest BCUT2D eigenvalue weighted by atomic mass is 35.5. The van der Waals surface area contributed by atoms with E-state index in [1.165, 1.54) is 16.9 Å². The van der Waals surface area contributed by atoms with Crippen LogP contribution in [-0.2, 0) is 4.74 Å². The van der Waals surface area contributed by atoms with E-state index < -0.39 is 11.5 Å². The van der Waals surface area contributed by atoms with Crippen molar-refractivity contribution >= 4 is 28.5 Å². The van der Waals surface area contributed by atoms with E-state index in [2.05, 4.69) is 20.4 Å². The van der Waals surface area contributed by atoms with Crippen LogP contribution in [0.5, 0.6) is 0 Å². The van der Waals surface area contributed by atoms with E-state index in [-0.39, 0.29) is 23.4 Å². The van der Waals surface area contributed by atoms with Crippen molar-refractivity contribution in [3.63, 3.8) is 0 Å². The van der Waals surface area contributed by atoms with Crippen LogP contribution >= 0.6 is 11.6 Å². The highest BCUT2D eigenvalue weighted by Crippen LogP contribution is 2.19. The summed E-state index contributed by atoms with van der Waals surface area (Å²) in [5.41, 5.74) is -0.0618. The van der Waals surface area contributed by atoms with Crippen LogP contribution in [0.2, 0.25) is 5.02 Å². The van der Waals surface area contributed by atoms with Gasteiger partial charge in [0, 0.05) is 11.2 Å². The molecule has 0 spiro atoms. The Labute approximate surface area is 163 Å². The van der Waals surface area contributed by atoms with Gasteiger partial charge in [0.05, 0.1) is 18.2 Å². The number of hydrogen-bond acceptors (Lipinski definition) is 7. The summed E-state index contributed by atoms with van der Waals surface area (Å²) in [6.07, 6.45) is 2.87. The second kappa shape index (κ2) is 7.20. The van der Waals surface area contributed by atoms with Crippen LogP contribution in [0.1, 0.15) is 17.3 Å². The first-order valence-electron chi connectivity index (χ1n) is 8.32. The van der Waals surface area contributed by atoms with Crippen LogP contribution in [-0.4, -0.2) is 42.3 Å². The van der Waals surface area contributed by atoms with Gasteiger partial charge in [-0.05, 0) is 37.3 Å². The molecule has 140 valence electrons. The van der Waals surface area contributed by atoms with E-state index in [4.69, 9.17) is 16.3 Å². The van der Waals surface area contributed by atoms with Crippen LogP contribution in [0, 0.1) is 0 Å². The number of hydrogen-bond donors (Lipinski definition) is 0. The highest BCUT2D eigenvalue weighted by Gasteiger charge is 2.24. The molecule has 0 radical (unpaired) electrons. The Kier molecular flexibility index (Phi) is 4.58. The van der Waals surface area contributed by atoms with E-state index in [9.17, 15) is 9.59 Å². The minimum absolute atomic E-state index is 0.0604. The molecule has 0 aliphatic rings. The van der Waals surface area contributed by atoms with Gasteiger partial charge < -0.3 is 4.74 Å². The molecule has 0 saturated carbocycles. The molecule has 0 N–H and O–H groups in total. The summed E-state index contributed by atoms with van der Waals surface area (Å²) in [7, 11) is 0. The number of aromatic nitrogens is 6. The van der Waals surface area contributed by atoms with E-state index in [1.54, 1.807) is 43.5 Å². The molecule has 0 atom stereocenters. The zero-order chi connectivity index (χ0) is 19.7. The molecule has 0 unspecified atom stereocenters. The summed E-state index contributed by atoms with van der Waals surface area (Å²) in [4.78, 5) is 29.7. The Hall–Kier alpha value is -3.59. The fraction of sp³-hybridized carbons (Fsp3) is 0.111. The Morgan fingerprint density at radius 1 is 1.21 bits per heavy atom. The monoisotopic (exact) mass is 396 g/mol. The molecular formula is C18H13ClN6O3. The first-order valence-corrected chi connectivity index (χ1v) is 8.70. The predicted molar refractivity (Wildman–Crippen MR) is 101 cm³/mol. The topological polar surface area (TPSA) is 105 Å². The largest absolute Gasteiger partial charge is 0.462 e. The molecule has 0 aliphatic carbocycles. The average molecular weight is 397 g/mol. The van der Waals surface area contributed by atoms with Gasteiger partial charge in [-0.25, -0.2) is 9.78 Å². The van der Waals surface area contributed by atoms with Gasteiger partial charge in [-0.1, -0.05) is 22.9 Å². The molecule has 10 heteroatoms. The third-order valence-corrected chi connectivity index (χ3v) is 4.16. The molecule has 4 aromatic rings. The van der Waals surface area contributed by atoms with Gasteiger partial charge in [0.1, 0.15) is 11.1 Å². The van der Waals surface area contributed by atoms with E-state index >= 15 is 0 Å². The molecule has 0 aliphatic heterocycles. The van der Waals surface area contributed by atoms with Crippen LogP contribution in [0.15, 0.2) is 53.6 Å². The zero-order valence-electron chi connectivity index (χ0n) is 14.6. The third-order valence-electron chi connectivity index (χ3n) is 3.93. The van der Waals surface area contributed by atoms with Gasteiger partial charge in [-0.2, -0.15) is 14.5 Å². The summed E-state index contributed by atoms with van der Waals surface area (Å²) in [5, 5.41) is 12.9. The van der Waals surface area contributed by atoms with Crippen molar-refractivity contribution in [3.05, 3.63) is 69.7 Å². The molecule has 28 heavy (non-hydrogen) atoms. The smallest absolute Gasteiger partial charge is 0.343 e. The fourth-order valence-corrected chi connectivity index (χ4v) is 2.87. The lowest BCUT2D eigenvalue weighted by Gasteiger charge is -2.10. The Morgan fingerprint density at radius 2 is 2.07 bits per heavy atom.